The van der Waals surface area contributed by atoms with Crippen molar-refractivity contribution in [2.24, 2.45) is 4.99 Å². The van der Waals surface area contributed by atoms with Crippen molar-refractivity contribution in [3.8, 4) is 5.75 Å². The van der Waals surface area contributed by atoms with Crippen LogP contribution in [0.5, 0.6) is 5.75 Å². The Morgan fingerprint density at radius 1 is 1.17 bits per heavy atom. The first-order valence-corrected chi connectivity index (χ1v) is 12.6. The maximum atomic E-state index is 13.0. The van der Waals surface area contributed by atoms with E-state index in [1.165, 1.54) is 23.9 Å². The van der Waals surface area contributed by atoms with Gasteiger partial charge >= 0.3 is 5.97 Å². The van der Waals surface area contributed by atoms with Crippen LogP contribution in [0.2, 0.25) is 5.02 Å². The number of likely N-dealkylation sites (N-methyl/N-ethyl adjacent to an activating group) is 1. The molecule has 0 spiro atoms. The van der Waals surface area contributed by atoms with Crippen molar-refractivity contribution in [1.29, 1.82) is 0 Å². The molecule has 0 unspecified atom stereocenters. The van der Waals surface area contributed by atoms with Crippen LogP contribution in [-0.4, -0.2) is 33.6 Å². The van der Waals surface area contributed by atoms with Gasteiger partial charge in [-0.15, -0.1) is 0 Å². The highest BCUT2D eigenvalue weighted by atomic mass is 79.9. The second-order valence-electron chi connectivity index (χ2n) is 7.51. The van der Waals surface area contributed by atoms with Gasteiger partial charge in [-0.25, -0.2) is 9.79 Å². The number of rotatable bonds is 7. The number of carboxylic acids is 1. The monoisotopic (exact) mass is 570 g/mol. The van der Waals surface area contributed by atoms with Crippen molar-refractivity contribution in [2.75, 3.05) is 6.54 Å². The van der Waals surface area contributed by atoms with Crippen molar-refractivity contribution < 1.29 is 19.4 Å². The van der Waals surface area contributed by atoms with Crippen LogP contribution in [-0.2, 0) is 11.4 Å². The zero-order valence-electron chi connectivity index (χ0n) is 18.6. The van der Waals surface area contributed by atoms with Crippen molar-refractivity contribution in [3.05, 3.63) is 97.8 Å². The van der Waals surface area contributed by atoms with Gasteiger partial charge in [0.25, 0.3) is 5.91 Å². The summed E-state index contributed by atoms with van der Waals surface area (Å²) in [5.41, 5.74) is 2.38. The van der Waals surface area contributed by atoms with Gasteiger partial charge < -0.3 is 9.84 Å². The van der Waals surface area contributed by atoms with Gasteiger partial charge in [0.05, 0.1) is 21.2 Å². The maximum Gasteiger partial charge on any atom is 0.335 e. The van der Waals surface area contributed by atoms with Crippen molar-refractivity contribution in [2.45, 2.75) is 13.5 Å². The Morgan fingerprint density at radius 3 is 2.63 bits per heavy atom. The molecule has 9 heteroatoms. The zero-order valence-corrected chi connectivity index (χ0v) is 21.7. The molecule has 1 saturated heterocycles. The van der Waals surface area contributed by atoms with Crippen molar-refractivity contribution >= 4 is 68.1 Å². The third-order valence-electron chi connectivity index (χ3n) is 5.08. The lowest BCUT2D eigenvalue weighted by atomic mass is 10.2. The van der Waals surface area contributed by atoms with Gasteiger partial charge in [-0.05, 0) is 78.4 Å². The number of aromatic carboxylic acids is 1. The largest absolute Gasteiger partial charge is 0.487 e. The van der Waals surface area contributed by atoms with Crippen LogP contribution in [0.15, 0.2) is 81.1 Å². The lowest BCUT2D eigenvalue weighted by molar-refractivity contribution is -0.122. The molecular formula is C26H20BrClN2O4S. The number of amidine groups is 1. The lowest BCUT2D eigenvalue weighted by Crippen LogP contribution is -2.28. The molecule has 1 aliphatic rings. The van der Waals surface area contributed by atoms with E-state index in [0.29, 0.717) is 39.7 Å². The Balaban J connectivity index is 1.52. The van der Waals surface area contributed by atoms with Gasteiger partial charge in [-0.1, -0.05) is 51.8 Å². The molecule has 1 amide bonds. The van der Waals surface area contributed by atoms with Gasteiger partial charge in [-0.2, -0.15) is 0 Å². The summed E-state index contributed by atoms with van der Waals surface area (Å²) < 4.78 is 6.84. The van der Waals surface area contributed by atoms with E-state index >= 15 is 0 Å². The smallest absolute Gasteiger partial charge is 0.335 e. The van der Waals surface area contributed by atoms with Crippen LogP contribution in [0.4, 0.5) is 5.69 Å². The quantitative estimate of drug-likeness (QED) is 0.309. The summed E-state index contributed by atoms with van der Waals surface area (Å²) in [4.78, 5) is 30.8. The number of hydrogen-bond donors (Lipinski definition) is 1. The fourth-order valence-corrected chi connectivity index (χ4v) is 4.88. The average Bonchev–Trinajstić information content (AvgIpc) is 3.13. The van der Waals surface area contributed by atoms with Crippen LogP contribution in [0.1, 0.15) is 28.4 Å². The van der Waals surface area contributed by atoms with Crippen LogP contribution in [0.3, 0.4) is 0 Å². The van der Waals surface area contributed by atoms with E-state index < -0.39 is 5.97 Å². The molecule has 0 saturated carbocycles. The molecule has 1 heterocycles. The van der Waals surface area contributed by atoms with E-state index in [9.17, 15) is 14.7 Å². The highest BCUT2D eigenvalue weighted by molar-refractivity contribution is 9.10. The van der Waals surface area contributed by atoms with Gasteiger partial charge in [0.1, 0.15) is 12.4 Å². The predicted octanol–water partition coefficient (Wildman–Crippen LogP) is 7.00. The van der Waals surface area contributed by atoms with E-state index in [4.69, 9.17) is 16.3 Å². The Morgan fingerprint density at radius 2 is 1.94 bits per heavy atom. The SMILES string of the molecule is CCN1C(=O)/C(=C/c2ccc(OCc3ccc(Br)cc3)c(Cl)c2)SC1=Nc1cccc(C(=O)O)c1. The number of benzene rings is 3. The number of aliphatic imine (C=N–C) groups is 1. The minimum atomic E-state index is -1.03. The summed E-state index contributed by atoms with van der Waals surface area (Å²) in [6, 6.07) is 19.5. The molecule has 0 aliphatic carbocycles. The summed E-state index contributed by atoms with van der Waals surface area (Å²) >= 11 is 11.1. The molecule has 0 radical (unpaired) electrons. The molecule has 0 aromatic heterocycles. The Hall–Kier alpha value is -3.07. The van der Waals surface area contributed by atoms with Gasteiger partial charge in [-0.3, -0.25) is 9.69 Å². The van der Waals surface area contributed by atoms with E-state index in [2.05, 4.69) is 20.9 Å². The summed E-state index contributed by atoms with van der Waals surface area (Å²) in [6.45, 7) is 2.68. The van der Waals surface area contributed by atoms with Crippen LogP contribution < -0.4 is 4.74 Å². The molecule has 4 rings (SSSR count). The number of carbonyl (C=O) groups is 2. The molecule has 3 aromatic carbocycles. The number of nitrogens with zero attached hydrogens (tertiary/aromatic N) is 2. The topological polar surface area (TPSA) is 79.2 Å². The van der Waals surface area contributed by atoms with Crippen molar-refractivity contribution in [3.63, 3.8) is 0 Å². The number of thioether (sulfide) groups is 1. The Kier molecular flexibility index (Phi) is 7.95. The number of halogens is 2. The number of hydrogen-bond acceptors (Lipinski definition) is 5. The molecule has 6 nitrogen and oxygen atoms in total. The normalized spacial score (nSPS) is 15.7. The molecule has 1 aliphatic heterocycles. The molecule has 0 atom stereocenters. The van der Waals surface area contributed by atoms with E-state index in [-0.39, 0.29) is 11.5 Å². The van der Waals surface area contributed by atoms with Crippen LogP contribution in [0.25, 0.3) is 6.08 Å². The summed E-state index contributed by atoms with van der Waals surface area (Å²) in [5, 5.41) is 10.1. The number of carboxylic acid groups (broad SMARTS) is 1. The first-order chi connectivity index (χ1) is 16.8. The summed E-state index contributed by atoms with van der Waals surface area (Å²) in [7, 11) is 0. The van der Waals surface area contributed by atoms with E-state index in [1.807, 2.05) is 37.3 Å². The van der Waals surface area contributed by atoms with Crippen LogP contribution >= 0.6 is 39.3 Å². The minimum absolute atomic E-state index is 0.136. The fourth-order valence-electron chi connectivity index (χ4n) is 3.31. The first kappa shape index (κ1) is 25.0. The number of ether oxygens (including phenoxy) is 1. The number of amides is 1. The second-order valence-corrected chi connectivity index (χ2v) is 9.85. The summed E-state index contributed by atoms with van der Waals surface area (Å²) in [5.74, 6) is -0.647. The van der Waals surface area contributed by atoms with E-state index in [1.54, 1.807) is 35.2 Å². The van der Waals surface area contributed by atoms with E-state index in [0.717, 1.165) is 15.6 Å². The number of carbonyl (C=O) groups excluding carboxylic acids is 1. The van der Waals surface area contributed by atoms with Gasteiger partial charge in [0.2, 0.25) is 0 Å². The predicted molar refractivity (Wildman–Crippen MR) is 143 cm³/mol. The summed E-state index contributed by atoms with van der Waals surface area (Å²) in [6.07, 6.45) is 1.76. The molecule has 178 valence electrons. The molecule has 0 bridgehead atoms. The highest BCUT2D eigenvalue weighted by Gasteiger charge is 2.32. The Bertz CT molecular complexity index is 1340. The minimum Gasteiger partial charge on any atom is -0.487 e. The lowest BCUT2D eigenvalue weighted by Gasteiger charge is -2.12. The molecule has 1 fully saturated rings. The molecular weight excluding hydrogens is 552 g/mol. The average molecular weight is 572 g/mol. The zero-order chi connectivity index (χ0) is 24.9. The van der Waals surface area contributed by atoms with Crippen LogP contribution in [0, 0.1) is 0 Å². The standard InChI is InChI=1S/C26H20BrClN2O4S/c1-2-30-24(31)23(35-26(30)29-20-5-3-4-18(14-20)25(32)33)13-17-8-11-22(21(28)12-17)34-15-16-6-9-19(27)10-7-16/h3-14H,2,15H2,1H3,(H,32,33)/b23-13-,29-26?. The third kappa shape index (κ3) is 6.14. The van der Waals surface area contributed by atoms with Crippen molar-refractivity contribution in [1.82, 2.24) is 4.90 Å². The van der Waals surface area contributed by atoms with Gasteiger partial charge in [0.15, 0.2) is 5.17 Å². The molecule has 3 aromatic rings. The first-order valence-electron chi connectivity index (χ1n) is 10.6. The van der Waals surface area contributed by atoms with Gasteiger partial charge in [0, 0.05) is 11.0 Å². The second kappa shape index (κ2) is 11.1. The highest BCUT2D eigenvalue weighted by Crippen LogP contribution is 2.35. The molecule has 1 N–H and O–H groups in total. The third-order valence-corrected chi connectivity index (χ3v) is 6.91. The Labute approximate surface area is 220 Å². The molecule has 35 heavy (non-hydrogen) atoms. The maximum absolute atomic E-state index is 13.0. The fraction of sp³-hybridized carbons (Fsp3) is 0.115.